The molecule has 0 aliphatic carbocycles. The number of aliphatic hydroxyl groups is 1. The molecule has 0 bridgehead atoms. The Morgan fingerprint density at radius 2 is 1.53 bits per heavy atom. The first kappa shape index (κ1) is 13.8. The van der Waals surface area contributed by atoms with Crippen molar-refractivity contribution in [1.29, 1.82) is 0 Å². The lowest BCUT2D eigenvalue weighted by Gasteiger charge is -2.21. The minimum absolute atomic E-state index is 0.551. The van der Waals surface area contributed by atoms with Gasteiger partial charge in [0.15, 0.2) is 17.8 Å². The van der Waals surface area contributed by atoms with Crippen molar-refractivity contribution in [2.24, 2.45) is 0 Å². The van der Waals surface area contributed by atoms with E-state index < -0.39 is 12.4 Å². The molecule has 5 nitrogen and oxygen atoms in total. The molecule has 1 atom stereocenters. The molecule has 0 amide bonds. The van der Waals surface area contributed by atoms with Gasteiger partial charge in [-0.2, -0.15) is 0 Å². The first-order valence-electron chi connectivity index (χ1n) is 5.13. The molecular formula is C12H18O5. The van der Waals surface area contributed by atoms with Gasteiger partial charge in [-0.1, -0.05) is 6.07 Å². The summed E-state index contributed by atoms with van der Waals surface area (Å²) in [5, 5.41) is 10.0. The minimum Gasteiger partial charge on any atom is -0.493 e. The summed E-state index contributed by atoms with van der Waals surface area (Å²) in [7, 11) is 6.04. The number of ether oxygens (including phenoxy) is 4. The standard InChI is InChI=1S/C12H18O5/c1-14-9-6-5-8(7-10(9)15-2)11(13)12(16-3)17-4/h5-7,11-13H,1-4H3. The fourth-order valence-corrected chi connectivity index (χ4v) is 1.55. The molecular weight excluding hydrogens is 224 g/mol. The second kappa shape index (κ2) is 6.44. The van der Waals surface area contributed by atoms with Crippen LogP contribution in [0.1, 0.15) is 11.7 Å². The molecule has 0 radical (unpaired) electrons. The zero-order chi connectivity index (χ0) is 12.8. The Morgan fingerprint density at radius 1 is 0.941 bits per heavy atom. The van der Waals surface area contributed by atoms with Gasteiger partial charge in [-0.15, -0.1) is 0 Å². The molecule has 0 spiro atoms. The summed E-state index contributed by atoms with van der Waals surface area (Å²) in [4.78, 5) is 0. The molecule has 0 fully saturated rings. The van der Waals surface area contributed by atoms with Crippen LogP contribution >= 0.6 is 0 Å². The van der Waals surface area contributed by atoms with Gasteiger partial charge in [0.05, 0.1) is 14.2 Å². The lowest BCUT2D eigenvalue weighted by molar-refractivity contribution is -0.166. The zero-order valence-corrected chi connectivity index (χ0v) is 10.5. The second-order valence-electron chi connectivity index (χ2n) is 3.40. The maximum Gasteiger partial charge on any atom is 0.187 e. The van der Waals surface area contributed by atoms with Crippen molar-refractivity contribution in [2.75, 3.05) is 28.4 Å². The molecule has 0 aromatic heterocycles. The van der Waals surface area contributed by atoms with E-state index in [1.54, 1.807) is 25.3 Å². The third-order valence-corrected chi connectivity index (χ3v) is 2.47. The van der Waals surface area contributed by atoms with Gasteiger partial charge >= 0.3 is 0 Å². The van der Waals surface area contributed by atoms with E-state index in [9.17, 15) is 5.11 Å². The molecule has 17 heavy (non-hydrogen) atoms. The fraction of sp³-hybridized carbons (Fsp3) is 0.500. The quantitative estimate of drug-likeness (QED) is 0.763. The Morgan fingerprint density at radius 3 is 2.00 bits per heavy atom. The minimum atomic E-state index is -0.884. The maximum absolute atomic E-state index is 10.0. The third-order valence-electron chi connectivity index (χ3n) is 2.47. The van der Waals surface area contributed by atoms with Gasteiger partial charge in [-0.3, -0.25) is 0 Å². The smallest absolute Gasteiger partial charge is 0.187 e. The van der Waals surface area contributed by atoms with Crippen LogP contribution in [0.15, 0.2) is 18.2 Å². The van der Waals surface area contributed by atoms with E-state index in [4.69, 9.17) is 18.9 Å². The van der Waals surface area contributed by atoms with Gasteiger partial charge in [0.2, 0.25) is 0 Å². The molecule has 1 aromatic carbocycles. The Balaban J connectivity index is 2.98. The van der Waals surface area contributed by atoms with Crippen molar-refractivity contribution in [2.45, 2.75) is 12.4 Å². The van der Waals surface area contributed by atoms with Crippen LogP contribution in [-0.2, 0) is 9.47 Å². The largest absolute Gasteiger partial charge is 0.493 e. The van der Waals surface area contributed by atoms with Crippen LogP contribution in [0.4, 0.5) is 0 Å². The van der Waals surface area contributed by atoms with Gasteiger partial charge in [0.1, 0.15) is 6.10 Å². The van der Waals surface area contributed by atoms with Crippen molar-refractivity contribution in [3.05, 3.63) is 23.8 Å². The summed E-state index contributed by atoms with van der Waals surface area (Å²) >= 11 is 0. The number of hydrogen-bond donors (Lipinski definition) is 1. The van der Waals surface area contributed by atoms with E-state index in [0.29, 0.717) is 17.1 Å². The molecule has 1 rings (SSSR count). The van der Waals surface area contributed by atoms with Crippen molar-refractivity contribution in [3.8, 4) is 11.5 Å². The van der Waals surface area contributed by atoms with E-state index in [1.807, 2.05) is 0 Å². The molecule has 1 unspecified atom stereocenters. The Kier molecular flexibility index (Phi) is 5.21. The van der Waals surface area contributed by atoms with Crippen molar-refractivity contribution in [3.63, 3.8) is 0 Å². The summed E-state index contributed by atoms with van der Waals surface area (Å²) < 4.78 is 20.3. The third kappa shape index (κ3) is 3.09. The average Bonchev–Trinajstić information content (AvgIpc) is 2.39. The second-order valence-corrected chi connectivity index (χ2v) is 3.40. The fourth-order valence-electron chi connectivity index (χ4n) is 1.55. The van der Waals surface area contributed by atoms with Crippen LogP contribution < -0.4 is 9.47 Å². The summed E-state index contributed by atoms with van der Waals surface area (Å²) in [6.07, 6.45) is -1.60. The normalized spacial score (nSPS) is 12.6. The highest BCUT2D eigenvalue weighted by atomic mass is 16.7. The average molecular weight is 242 g/mol. The van der Waals surface area contributed by atoms with Crippen LogP contribution in [0, 0.1) is 0 Å². The van der Waals surface area contributed by atoms with E-state index in [1.165, 1.54) is 21.3 Å². The van der Waals surface area contributed by atoms with Crippen molar-refractivity contribution < 1.29 is 24.1 Å². The lowest BCUT2D eigenvalue weighted by atomic mass is 10.1. The van der Waals surface area contributed by atoms with Crippen molar-refractivity contribution >= 4 is 0 Å². The highest BCUT2D eigenvalue weighted by molar-refractivity contribution is 5.43. The molecule has 0 aliphatic heterocycles. The first-order chi connectivity index (χ1) is 8.17. The number of methoxy groups -OCH3 is 4. The van der Waals surface area contributed by atoms with Crippen LogP contribution in [0.3, 0.4) is 0 Å². The van der Waals surface area contributed by atoms with E-state index >= 15 is 0 Å². The monoisotopic (exact) mass is 242 g/mol. The zero-order valence-electron chi connectivity index (χ0n) is 10.5. The van der Waals surface area contributed by atoms with Crippen LogP contribution in [0.2, 0.25) is 0 Å². The summed E-state index contributed by atoms with van der Waals surface area (Å²) in [5.74, 6) is 1.16. The Bertz CT molecular complexity index is 349. The SMILES string of the molecule is COc1ccc(C(O)C(OC)OC)cc1OC. The molecule has 1 N–H and O–H groups in total. The highest BCUT2D eigenvalue weighted by Gasteiger charge is 2.21. The van der Waals surface area contributed by atoms with Gasteiger partial charge in [0.25, 0.3) is 0 Å². The van der Waals surface area contributed by atoms with E-state index in [0.717, 1.165) is 0 Å². The molecule has 0 saturated heterocycles. The van der Waals surface area contributed by atoms with Gasteiger partial charge < -0.3 is 24.1 Å². The lowest BCUT2D eigenvalue weighted by Crippen LogP contribution is -2.22. The number of benzene rings is 1. The summed E-state index contributed by atoms with van der Waals surface area (Å²) in [6, 6.07) is 5.14. The van der Waals surface area contributed by atoms with Crippen LogP contribution in [0.25, 0.3) is 0 Å². The highest BCUT2D eigenvalue weighted by Crippen LogP contribution is 2.31. The predicted octanol–water partition coefficient (Wildman–Crippen LogP) is 1.36. The molecule has 96 valence electrons. The van der Waals surface area contributed by atoms with E-state index in [-0.39, 0.29) is 0 Å². The van der Waals surface area contributed by atoms with Crippen LogP contribution in [0.5, 0.6) is 11.5 Å². The maximum atomic E-state index is 10.0. The van der Waals surface area contributed by atoms with Gasteiger partial charge in [-0.25, -0.2) is 0 Å². The topological polar surface area (TPSA) is 57.2 Å². The molecule has 5 heteroatoms. The molecule has 0 aliphatic rings. The molecule has 1 aromatic rings. The van der Waals surface area contributed by atoms with Crippen LogP contribution in [-0.4, -0.2) is 39.8 Å². The van der Waals surface area contributed by atoms with Gasteiger partial charge in [-0.05, 0) is 17.7 Å². The Hall–Kier alpha value is -1.30. The number of aliphatic hydroxyl groups excluding tert-OH is 1. The van der Waals surface area contributed by atoms with Crippen molar-refractivity contribution in [1.82, 2.24) is 0 Å². The molecule has 0 heterocycles. The summed E-state index contributed by atoms with van der Waals surface area (Å²) in [5.41, 5.74) is 0.636. The predicted molar refractivity (Wildman–Crippen MR) is 62.3 cm³/mol. The Labute approximate surface area is 101 Å². The summed E-state index contributed by atoms with van der Waals surface area (Å²) in [6.45, 7) is 0. The molecule has 0 saturated carbocycles. The number of rotatable bonds is 6. The number of hydrogen-bond acceptors (Lipinski definition) is 5. The van der Waals surface area contributed by atoms with Gasteiger partial charge in [0, 0.05) is 14.2 Å². The first-order valence-corrected chi connectivity index (χ1v) is 5.13. The van der Waals surface area contributed by atoms with E-state index in [2.05, 4.69) is 0 Å².